The minimum absolute atomic E-state index is 0. The molecule has 2 aromatic rings. The zero-order valence-corrected chi connectivity index (χ0v) is 18.5. The van der Waals surface area contributed by atoms with E-state index in [0.717, 1.165) is 7.35 Å². The summed E-state index contributed by atoms with van der Waals surface area (Å²) in [5.74, 6) is 0. The van der Waals surface area contributed by atoms with Crippen LogP contribution in [0.25, 0.3) is 12.2 Å². The minimum Gasteiger partial charge on any atom is -1.00 e. The number of hydrogen-bond acceptors (Lipinski definition) is 0. The first kappa shape index (κ1) is 18.9. The number of halogens is 2. The van der Waals surface area contributed by atoms with Gasteiger partial charge in [0.2, 0.25) is 0 Å². The second kappa shape index (κ2) is 7.37. The maximum Gasteiger partial charge on any atom is -1.00 e. The average Bonchev–Trinajstić information content (AvgIpc) is 3.14. The molecule has 0 nitrogen and oxygen atoms in total. The van der Waals surface area contributed by atoms with E-state index in [1.54, 1.807) is 11.1 Å². The Bertz CT molecular complexity index is 791. The van der Waals surface area contributed by atoms with Gasteiger partial charge in [0.1, 0.15) is 0 Å². The molecule has 0 saturated carbocycles. The van der Waals surface area contributed by atoms with Crippen LogP contribution in [0.2, 0.25) is 0 Å². The van der Waals surface area contributed by atoms with Crippen molar-refractivity contribution >= 4 is 20.1 Å². The van der Waals surface area contributed by atoms with Gasteiger partial charge in [0.15, 0.2) is 0 Å². The van der Waals surface area contributed by atoms with Crippen LogP contribution < -0.4 is 9.41 Å². The van der Waals surface area contributed by atoms with Crippen LogP contribution in [0.5, 0.6) is 0 Å². The number of rotatable bonds is 2. The van der Waals surface area contributed by atoms with E-state index in [0.29, 0.717) is 0 Å². The number of hydrogen-bond donors (Lipinski definition) is 0. The van der Waals surface area contributed by atoms with Gasteiger partial charge >= 0.3 is 151 Å². The van der Waals surface area contributed by atoms with Crippen LogP contribution in [-0.2, 0) is 22.9 Å². The van der Waals surface area contributed by atoms with Crippen molar-refractivity contribution in [2.75, 3.05) is 6.16 Å². The molecule has 0 amide bonds. The van der Waals surface area contributed by atoms with E-state index in [1.807, 2.05) is 10.6 Å². The molecule has 2 unspecified atom stereocenters. The molecule has 3 aliphatic rings. The van der Waals surface area contributed by atoms with Crippen molar-refractivity contribution in [1.82, 2.24) is 0 Å². The molecule has 0 aromatic heterocycles. The Kier molecular flexibility index (Phi) is 5.56. The zero-order chi connectivity index (χ0) is 15.4. The van der Waals surface area contributed by atoms with Crippen LogP contribution in [0.1, 0.15) is 42.9 Å². The van der Waals surface area contributed by atoms with Crippen molar-refractivity contribution in [1.29, 1.82) is 0 Å². The van der Waals surface area contributed by atoms with Crippen LogP contribution in [0.4, 0.5) is 0 Å². The van der Waals surface area contributed by atoms with Gasteiger partial charge in [0.05, 0.1) is 0 Å². The van der Waals surface area contributed by atoms with Crippen molar-refractivity contribution in [3.05, 3.63) is 81.4 Å². The molecule has 4 heteroatoms. The zero-order valence-electron chi connectivity index (χ0n) is 14.0. The summed E-state index contributed by atoms with van der Waals surface area (Å²) < 4.78 is 1.72. The monoisotopic (exact) mass is 520 g/mol. The van der Waals surface area contributed by atoms with Crippen LogP contribution >= 0.6 is 7.92 Å². The Morgan fingerprint density at radius 1 is 0.800 bits per heavy atom. The summed E-state index contributed by atoms with van der Waals surface area (Å²) in [4.78, 5) is 0. The van der Waals surface area contributed by atoms with Crippen LogP contribution in [0, 0.1) is 0 Å². The minimum atomic E-state index is -0.817. The molecule has 1 fully saturated rings. The van der Waals surface area contributed by atoms with E-state index < -0.39 is 22.9 Å². The van der Waals surface area contributed by atoms with Gasteiger partial charge in [-0.1, -0.05) is 0 Å². The second-order valence-electron chi connectivity index (χ2n) is 6.58. The third-order valence-corrected chi connectivity index (χ3v) is 16.7. The fourth-order valence-electron chi connectivity index (χ4n) is 4.23. The summed E-state index contributed by atoms with van der Waals surface area (Å²) in [6.07, 6.45) is 7.84. The molecule has 2 atom stereocenters. The summed E-state index contributed by atoms with van der Waals surface area (Å²) in [5.41, 5.74) is 6.38. The summed E-state index contributed by atoms with van der Waals surface area (Å²) in [7, 11) is -0.0745. The Morgan fingerprint density at radius 2 is 1.28 bits per heavy atom. The van der Waals surface area contributed by atoms with Gasteiger partial charge in [0, 0.05) is 0 Å². The van der Waals surface area contributed by atoms with E-state index in [4.69, 9.17) is 0 Å². The molecular formula is C21H19F2HfP. The first-order chi connectivity index (χ1) is 11.4. The molecule has 2 aliphatic carbocycles. The molecule has 1 saturated heterocycles. The third kappa shape index (κ3) is 2.84. The van der Waals surface area contributed by atoms with Crippen molar-refractivity contribution in [2.24, 2.45) is 0 Å². The summed E-state index contributed by atoms with van der Waals surface area (Å²) >= 11 is -0.817. The second-order valence-corrected chi connectivity index (χ2v) is 14.3. The molecule has 2 aromatic carbocycles. The predicted molar refractivity (Wildman–Crippen MR) is 96.4 cm³/mol. The fraction of sp³-hybridized carbons (Fsp3) is 0.238. The van der Waals surface area contributed by atoms with Gasteiger partial charge in [0.25, 0.3) is 0 Å². The Morgan fingerprint density at radius 3 is 1.76 bits per heavy atom. The molecule has 1 aliphatic heterocycles. The van der Waals surface area contributed by atoms with Crippen molar-refractivity contribution < 1.29 is 32.3 Å². The van der Waals surface area contributed by atoms with Gasteiger partial charge in [-0.2, -0.15) is 0 Å². The van der Waals surface area contributed by atoms with Gasteiger partial charge < -0.3 is 9.41 Å². The average molecular weight is 519 g/mol. The predicted octanol–water partition coefficient (Wildman–Crippen LogP) is 0.174. The smallest absolute Gasteiger partial charge is 1.00 e. The van der Waals surface area contributed by atoms with Crippen molar-refractivity contribution in [3.63, 3.8) is 0 Å². The molecule has 0 spiro atoms. The molecule has 5 rings (SSSR count). The molecule has 0 bridgehead atoms. The number of benzene rings is 2. The number of fused-ring (bicyclic) bond motifs is 6. The van der Waals surface area contributed by atoms with E-state index in [-0.39, 0.29) is 17.3 Å². The topological polar surface area (TPSA) is 0 Å². The maximum atomic E-state index is 2.58. The first-order valence-corrected chi connectivity index (χ1v) is 14.2. The van der Waals surface area contributed by atoms with E-state index in [9.17, 15) is 0 Å². The van der Waals surface area contributed by atoms with Crippen LogP contribution in [0.3, 0.4) is 0 Å². The van der Waals surface area contributed by atoms with E-state index in [2.05, 4.69) is 67.6 Å². The van der Waals surface area contributed by atoms with E-state index >= 15 is 0 Å². The largest absolute Gasteiger partial charge is 1.00 e. The van der Waals surface area contributed by atoms with Crippen molar-refractivity contribution in [3.8, 4) is 0 Å². The normalized spacial score (nSPS) is 24.0. The summed E-state index contributed by atoms with van der Waals surface area (Å²) in [6, 6.07) is 18.4. The number of allylic oxidation sites excluding steroid dienone is 2. The molecule has 0 N–H and O–H groups in total. The van der Waals surface area contributed by atoms with Gasteiger partial charge in [-0.25, -0.2) is 0 Å². The summed E-state index contributed by atoms with van der Waals surface area (Å²) in [5, 5.41) is 3.67. The third-order valence-electron chi connectivity index (χ3n) is 5.22. The van der Waals surface area contributed by atoms with Crippen LogP contribution in [-0.4, -0.2) is 6.16 Å². The molecule has 0 radical (unpaired) electrons. The molecule has 1 heterocycles. The van der Waals surface area contributed by atoms with Gasteiger partial charge in [-0.15, -0.1) is 0 Å². The van der Waals surface area contributed by atoms with Crippen LogP contribution in [0.15, 0.2) is 59.2 Å². The SMILES string of the molecule is CCCP1C2=Cc3ccccc3[CH]2[Hf+2][CH]2C1=Cc1ccccc12.[F-].[F-]. The molecule has 25 heavy (non-hydrogen) atoms. The molecular weight excluding hydrogens is 500 g/mol. The maximum absolute atomic E-state index is 2.58. The van der Waals surface area contributed by atoms with Gasteiger partial charge in [-0.3, -0.25) is 0 Å². The standard InChI is InChI=1S/C21H19P.2FH.Hf/c1-2-11-22(20-12-16-7-3-4-8-17(16)13-20)21-14-18-9-5-6-10-19(18)15-21;;;/h3-10,12-15H,2,11H2,1H3;2*1H;/q;;;+2/p-2. The summed E-state index contributed by atoms with van der Waals surface area (Å²) in [6.45, 7) is 2.36. The fourth-order valence-corrected chi connectivity index (χ4v) is 17.8. The first-order valence-electron chi connectivity index (χ1n) is 8.51. The quantitative estimate of drug-likeness (QED) is 0.393. The van der Waals surface area contributed by atoms with Gasteiger partial charge in [-0.05, 0) is 0 Å². The Balaban J connectivity index is 0.000000911. The Hall–Kier alpha value is -0.920. The molecule has 126 valence electrons. The Labute approximate surface area is 160 Å². The van der Waals surface area contributed by atoms with Crippen molar-refractivity contribution in [2.45, 2.75) is 20.7 Å². The van der Waals surface area contributed by atoms with E-state index in [1.165, 1.54) is 23.7 Å².